The van der Waals surface area contributed by atoms with Crippen molar-refractivity contribution >= 4 is 25.8 Å². The lowest BCUT2D eigenvalue weighted by Crippen LogP contribution is -2.55. The highest BCUT2D eigenvalue weighted by Gasteiger charge is 2.37. The Labute approximate surface area is 283 Å². The van der Waals surface area contributed by atoms with Crippen LogP contribution in [0.5, 0.6) is 0 Å². The summed E-state index contributed by atoms with van der Waals surface area (Å²) in [4.78, 5) is 15.5. The van der Waals surface area contributed by atoms with Crippen LogP contribution in [0, 0.1) is 11.6 Å². The molecular formula is C35H47F2N3O6S2. The Bertz CT molecular complexity index is 1680. The minimum atomic E-state index is -4.36. The third-order valence-electron chi connectivity index (χ3n) is 8.16. The zero-order valence-corrected chi connectivity index (χ0v) is 29.3. The molecule has 4 N–H and O–H groups in total. The van der Waals surface area contributed by atoms with Gasteiger partial charge in [0.15, 0.2) is 9.84 Å². The van der Waals surface area contributed by atoms with Crippen LogP contribution in [-0.2, 0) is 44.0 Å². The summed E-state index contributed by atoms with van der Waals surface area (Å²) in [5, 5.41) is 10.4. The van der Waals surface area contributed by atoms with Crippen molar-refractivity contribution in [1.82, 2.24) is 9.62 Å². The van der Waals surface area contributed by atoms with Gasteiger partial charge in [-0.05, 0) is 66.6 Å². The second-order valence-corrected chi connectivity index (χ2v) is 16.2. The molecule has 1 amide bonds. The standard InChI is InChI=1S/C35H47F2N3O6S2/c1-4-11-30(12-5-2)47(43,44)24-33(39-48(45,46)31-15-8-7-9-16-31)35(42)40(22-26-14-10-13-25(6-3)17-26)23-34(41)32(38)20-27-18-28(36)21-29(37)19-27/h7-10,13-19,21,30,32-34,39,41H,4-6,11-12,20,22-24,38H2,1-3H3/t32-,33-,34+/m0/s1. The van der Waals surface area contributed by atoms with E-state index in [4.69, 9.17) is 5.73 Å². The summed E-state index contributed by atoms with van der Waals surface area (Å²) in [6.07, 6.45) is 1.01. The molecule has 0 unspecified atom stereocenters. The van der Waals surface area contributed by atoms with Crippen LogP contribution >= 0.6 is 0 Å². The van der Waals surface area contributed by atoms with Crippen LogP contribution in [0.15, 0.2) is 77.7 Å². The number of sulfone groups is 1. The first kappa shape index (κ1) is 39.2. The fourth-order valence-corrected chi connectivity index (χ4v) is 9.11. The molecule has 264 valence electrons. The number of hydrogen-bond acceptors (Lipinski definition) is 7. The molecule has 0 bridgehead atoms. The van der Waals surface area contributed by atoms with Crippen molar-refractivity contribution in [3.05, 3.63) is 101 Å². The van der Waals surface area contributed by atoms with E-state index in [0.717, 1.165) is 17.7 Å². The number of benzene rings is 3. The van der Waals surface area contributed by atoms with Crippen LogP contribution in [0.4, 0.5) is 8.78 Å². The highest BCUT2D eigenvalue weighted by atomic mass is 32.2. The Balaban J connectivity index is 2.03. The fourth-order valence-electron chi connectivity index (χ4n) is 5.65. The number of sulfonamides is 1. The third-order valence-corrected chi connectivity index (χ3v) is 11.9. The topological polar surface area (TPSA) is 147 Å². The Hall–Kier alpha value is -3.23. The number of nitrogens with one attached hydrogen (secondary N) is 1. The van der Waals surface area contributed by atoms with E-state index in [9.17, 15) is 35.5 Å². The first-order valence-corrected chi connectivity index (χ1v) is 19.4. The predicted molar refractivity (Wildman–Crippen MR) is 183 cm³/mol. The molecule has 3 rings (SSSR count). The summed E-state index contributed by atoms with van der Waals surface area (Å²) in [5.74, 6) is -3.27. The van der Waals surface area contributed by atoms with Crippen molar-refractivity contribution in [2.75, 3.05) is 12.3 Å². The predicted octanol–water partition coefficient (Wildman–Crippen LogP) is 4.52. The van der Waals surface area contributed by atoms with Crippen molar-refractivity contribution in [2.45, 2.75) is 94.2 Å². The van der Waals surface area contributed by atoms with Gasteiger partial charge in [-0.3, -0.25) is 4.79 Å². The summed E-state index contributed by atoms with van der Waals surface area (Å²) < 4.78 is 84.6. The molecule has 0 aliphatic rings. The third kappa shape index (κ3) is 11.4. The zero-order valence-electron chi connectivity index (χ0n) is 27.7. The lowest BCUT2D eigenvalue weighted by Gasteiger charge is -2.32. The molecule has 0 radical (unpaired) electrons. The lowest BCUT2D eigenvalue weighted by molar-refractivity contribution is -0.134. The number of hydrogen-bond donors (Lipinski definition) is 3. The van der Waals surface area contributed by atoms with Gasteiger partial charge in [-0.1, -0.05) is 76.1 Å². The monoisotopic (exact) mass is 707 g/mol. The quantitative estimate of drug-likeness (QED) is 0.166. The van der Waals surface area contributed by atoms with E-state index >= 15 is 0 Å². The minimum Gasteiger partial charge on any atom is -0.390 e. The summed E-state index contributed by atoms with van der Waals surface area (Å²) in [6.45, 7) is 5.16. The average Bonchev–Trinajstić information content (AvgIpc) is 3.03. The first-order valence-electron chi connectivity index (χ1n) is 16.2. The summed E-state index contributed by atoms with van der Waals surface area (Å²) >= 11 is 0. The van der Waals surface area contributed by atoms with E-state index in [2.05, 4.69) is 4.72 Å². The molecule has 0 aliphatic heterocycles. The smallest absolute Gasteiger partial charge is 0.242 e. The maximum atomic E-state index is 14.4. The molecular weight excluding hydrogens is 661 g/mol. The molecule has 3 atom stereocenters. The van der Waals surface area contributed by atoms with Gasteiger partial charge in [0.2, 0.25) is 15.9 Å². The van der Waals surface area contributed by atoms with Crippen LogP contribution in [-0.4, -0.2) is 68.5 Å². The Morgan fingerprint density at radius 3 is 2.04 bits per heavy atom. The highest BCUT2D eigenvalue weighted by Crippen LogP contribution is 2.20. The molecule has 0 saturated carbocycles. The van der Waals surface area contributed by atoms with Crippen LogP contribution in [0.25, 0.3) is 0 Å². The van der Waals surface area contributed by atoms with Gasteiger partial charge in [-0.25, -0.2) is 25.6 Å². The number of aliphatic hydroxyl groups excluding tert-OH is 1. The van der Waals surface area contributed by atoms with Crippen molar-refractivity contribution in [1.29, 1.82) is 0 Å². The molecule has 3 aromatic carbocycles. The Kier molecular flexibility index (Phi) is 14.7. The zero-order chi connectivity index (χ0) is 35.5. The largest absolute Gasteiger partial charge is 0.390 e. The molecule has 13 heteroatoms. The second-order valence-electron chi connectivity index (χ2n) is 12.1. The van der Waals surface area contributed by atoms with E-state index in [1.165, 1.54) is 29.2 Å². The van der Waals surface area contributed by atoms with E-state index in [1.807, 2.05) is 32.9 Å². The van der Waals surface area contributed by atoms with Crippen molar-refractivity contribution < 1.29 is 35.5 Å². The molecule has 0 saturated heterocycles. The number of nitrogens with two attached hydrogens (primary N) is 1. The molecule has 48 heavy (non-hydrogen) atoms. The van der Waals surface area contributed by atoms with Gasteiger partial charge in [0.05, 0.1) is 22.0 Å². The van der Waals surface area contributed by atoms with Crippen LogP contribution in [0.3, 0.4) is 0 Å². The van der Waals surface area contributed by atoms with Gasteiger partial charge in [0.1, 0.15) is 17.7 Å². The number of halogens is 2. The van der Waals surface area contributed by atoms with Gasteiger partial charge in [-0.15, -0.1) is 0 Å². The molecule has 0 spiro atoms. The average molecular weight is 708 g/mol. The van der Waals surface area contributed by atoms with E-state index in [0.29, 0.717) is 43.7 Å². The van der Waals surface area contributed by atoms with Crippen LogP contribution in [0.2, 0.25) is 0 Å². The number of aliphatic hydroxyl groups is 1. The summed E-state index contributed by atoms with van der Waals surface area (Å²) in [5.41, 5.74) is 8.09. The molecule has 0 heterocycles. The van der Waals surface area contributed by atoms with Crippen LogP contribution in [0.1, 0.15) is 63.1 Å². The maximum absolute atomic E-state index is 14.4. The minimum absolute atomic E-state index is 0.0952. The van der Waals surface area contributed by atoms with E-state index in [1.54, 1.807) is 18.2 Å². The molecule has 0 aliphatic carbocycles. The van der Waals surface area contributed by atoms with Crippen molar-refractivity contribution in [3.63, 3.8) is 0 Å². The second kappa shape index (κ2) is 18.0. The van der Waals surface area contributed by atoms with Gasteiger partial charge >= 0.3 is 0 Å². The maximum Gasteiger partial charge on any atom is 0.242 e. The van der Waals surface area contributed by atoms with Crippen molar-refractivity contribution in [2.24, 2.45) is 5.73 Å². The number of rotatable bonds is 19. The fraction of sp³-hybridized carbons (Fsp3) is 0.457. The number of carbonyl (C=O) groups is 1. The van der Waals surface area contributed by atoms with Gasteiger partial charge in [0.25, 0.3) is 0 Å². The van der Waals surface area contributed by atoms with Crippen molar-refractivity contribution in [3.8, 4) is 0 Å². The van der Waals surface area contributed by atoms with Gasteiger partial charge in [0, 0.05) is 25.2 Å². The Morgan fingerprint density at radius 1 is 0.854 bits per heavy atom. The lowest BCUT2D eigenvalue weighted by atomic mass is 10.0. The molecule has 9 nitrogen and oxygen atoms in total. The number of amides is 1. The SMILES string of the molecule is CCCC(CCC)S(=O)(=O)C[C@H](NS(=O)(=O)c1ccccc1)C(=O)N(Cc1cccc(CC)c1)C[C@@H](O)[C@@H](N)Cc1cc(F)cc(F)c1. The summed E-state index contributed by atoms with van der Waals surface area (Å²) in [7, 11) is -8.35. The summed E-state index contributed by atoms with van der Waals surface area (Å²) in [6, 6.07) is 14.7. The van der Waals surface area contributed by atoms with E-state index < -0.39 is 73.1 Å². The van der Waals surface area contributed by atoms with Crippen LogP contribution < -0.4 is 10.5 Å². The normalized spacial score (nSPS) is 14.1. The van der Waals surface area contributed by atoms with Gasteiger partial charge < -0.3 is 15.7 Å². The molecule has 0 aromatic heterocycles. The van der Waals surface area contributed by atoms with Gasteiger partial charge in [-0.2, -0.15) is 4.72 Å². The number of aryl methyl sites for hydroxylation is 1. The number of nitrogens with zero attached hydrogens (tertiary/aromatic N) is 1. The first-order chi connectivity index (χ1) is 22.7. The Morgan fingerprint density at radius 2 is 1.46 bits per heavy atom. The highest BCUT2D eigenvalue weighted by molar-refractivity contribution is 7.92. The molecule has 3 aromatic rings. The molecule has 0 fully saturated rings. The number of carbonyl (C=O) groups excluding carboxylic acids is 1. The van der Waals surface area contributed by atoms with E-state index in [-0.39, 0.29) is 23.4 Å².